The highest BCUT2D eigenvalue weighted by Gasteiger charge is 2.22. The number of rotatable bonds is 1. The quantitative estimate of drug-likeness (QED) is 0.480. The van der Waals surface area contributed by atoms with Gasteiger partial charge < -0.3 is 0 Å². The maximum absolute atomic E-state index is 5.94. The molecule has 1 heteroatoms. The van der Waals surface area contributed by atoms with Gasteiger partial charge in [-0.15, -0.1) is 11.6 Å². The third-order valence-corrected chi connectivity index (χ3v) is 2.51. The van der Waals surface area contributed by atoms with Crippen molar-refractivity contribution in [3.63, 3.8) is 0 Å². The molecule has 8 heavy (non-hydrogen) atoms. The molecule has 0 aliphatic heterocycles. The lowest BCUT2D eigenvalue weighted by molar-refractivity contribution is 0.562. The van der Waals surface area contributed by atoms with E-state index in [0.717, 1.165) is 12.3 Å². The molecule has 1 aliphatic carbocycles. The second-order valence-corrected chi connectivity index (χ2v) is 3.06. The van der Waals surface area contributed by atoms with Crippen molar-refractivity contribution in [2.45, 2.75) is 31.1 Å². The number of halogens is 1. The fraction of sp³-hybridized carbons (Fsp3) is 0.857. The van der Waals surface area contributed by atoms with Crippen molar-refractivity contribution in [2.24, 2.45) is 5.92 Å². The Morgan fingerprint density at radius 3 is 2.50 bits per heavy atom. The summed E-state index contributed by atoms with van der Waals surface area (Å²) in [5.41, 5.74) is 0. The van der Waals surface area contributed by atoms with E-state index >= 15 is 0 Å². The molecule has 0 aromatic rings. The summed E-state index contributed by atoms with van der Waals surface area (Å²) in [6.45, 7) is 3.83. The highest BCUT2D eigenvalue weighted by atomic mass is 35.5. The Balaban J connectivity index is 2.30. The molecule has 1 radical (unpaired) electrons. The molecular weight excluding hydrogens is 120 g/mol. The molecule has 0 heterocycles. The van der Waals surface area contributed by atoms with Crippen molar-refractivity contribution in [1.82, 2.24) is 0 Å². The molecule has 1 saturated carbocycles. The van der Waals surface area contributed by atoms with Crippen LogP contribution in [0.5, 0.6) is 0 Å². The largest absolute Gasteiger partial charge is 0.123 e. The summed E-state index contributed by atoms with van der Waals surface area (Å²) in [6, 6.07) is 0. The minimum absolute atomic E-state index is 0.437. The van der Waals surface area contributed by atoms with Crippen molar-refractivity contribution in [3.05, 3.63) is 6.92 Å². The first-order valence-electron chi connectivity index (χ1n) is 3.28. The van der Waals surface area contributed by atoms with Gasteiger partial charge in [0.2, 0.25) is 0 Å². The first kappa shape index (κ1) is 6.41. The van der Waals surface area contributed by atoms with Gasteiger partial charge in [-0.3, -0.25) is 0 Å². The zero-order valence-electron chi connectivity index (χ0n) is 5.07. The van der Waals surface area contributed by atoms with E-state index in [0.29, 0.717) is 5.38 Å². The van der Waals surface area contributed by atoms with E-state index < -0.39 is 0 Å². The van der Waals surface area contributed by atoms with Crippen molar-refractivity contribution >= 4 is 11.6 Å². The van der Waals surface area contributed by atoms with Crippen LogP contribution in [-0.4, -0.2) is 5.38 Å². The fourth-order valence-electron chi connectivity index (χ4n) is 1.32. The average molecular weight is 132 g/mol. The molecule has 0 saturated heterocycles. The summed E-state index contributed by atoms with van der Waals surface area (Å²) in [5, 5.41) is 0.437. The van der Waals surface area contributed by atoms with Crippen LogP contribution >= 0.6 is 11.6 Å². The summed E-state index contributed by atoms with van der Waals surface area (Å²) >= 11 is 5.94. The minimum Gasteiger partial charge on any atom is -0.123 e. The second kappa shape index (κ2) is 2.72. The van der Waals surface area contributed by atoms with Gasteiger partial charge in [0, 0.05) is 5.38 Å². The molecule has 0 amide bonds. The molecule has 0 nitrogen and oxygen atoms in total. The smallest absolute Gasteiger partial charge is 0.0364 e. The van der Waals surface area contributed by atoms with Gasteiger partial charge in [0.05, 0.1) is 0 Å². The Hall–Kier alpha value is 0.290. The lowest BCUT2D eigenvalue weighted by Gasteiger charge is -2.07. The molecular formula is C7H12Cl. The SMILES string of the molecule is [CH2]CC1CCCC1Cl. The van der Waals surface area contributed by atoms with Crippen molar-refractivity contribution in [1.29, 1.82) is 0 Å². The lowest BCUT2D eigenvalue weighted by atomic mass is 10.1. The number of hydrogen-bond donors (Lipinski definition) is 0. The third-order valence-electron chi connectivity index (χ3n) is 1.94. The maximum Gasteiger partial charge on any atom is 0.0364 e. The lowest BCUT2D eigenvalue weighted by Crippen LogP contribution is -2.04. The van der Waals surface area contributed by atoms with Gasteiger partial charge in [-0.1, -0.05) is 13.3 Å². The summed E-state index contributed by atoms with van der Waals surface area (Å²) < 4.78 is 0. The number of hydrogen-bond acceptors (Lipinski definition) is 0. The van der Waals surface area contributed by atoms with Gasteiger partial charge in [-0.05, 0) is 25.2 Å². The summed E-state index contributed by atoms with van der Waals surface area (Å²) in [5.74, 6) is 0.719. The van der Waals surface area contributed by atoms with Gasteiger partial charge in [-0.25, -0.2) is 0 Å². The average Bonchev–Trinajstić information content (AvgIpc) is 2.14. The van der Waals surface area contributed by atoms with Crippen molar-refractivity contribution < 1.29 is 0 Å². The van der Waals surface area contributed by atoms with Crippen LogP contribution < -0.4 is 0 Å². The van der Waals surface area contributed by atoms with Crippen LogP contribution in [0.3, 0.4) is 0 Å². The molecule has 0 bridgehead atoms. The highest BCUT2D eigenvalue weighted by molar-refractivity contribution is 6.20. The summed E-state index contributed by atoms with van der Waals surface area (Å²) in [4.78, 5) is 0. The van der Waals surface area contributed by atoms with E-state index in [1.807, 2.05) is 0 Å². The molecule has 0 spiro atoms. The Labute approximate surface area is 56.2 Å². The Morgan fingerprint density at radius 2 is 2.25 bits per heavy atom. The van der Waals surface area contributed by atoms with Crippen molar-refractivity contribution in [2.75, 3.05) is 0 Å². The fourth-order valence-corrected chi connectivity index (χ4v) is 1.72. The van der Waals surface area contributed by atoms with E-state index in [2.05, 4.69) is 6.92 Å². The highest BCUT2D eigenvalue weighted by Crippen LogP contribution is 2.31. The van der Waals surface area contributed by atoms with E-state index in [-0.39, 0.29) is 0 Å². The molecule has 0 aromatic carbocycles. The van der Waals surface area contributed by atoms with Crippen molar-refractivity contribution in [3.8, 4) is 0 Å². The monoisotopic (exact) mass is 131 g/mol. The first-order chi connectivity index (χ1) is 3.84. The minimum atomic E-state index is 0.437. The predicted octanol–water partition coefficient (Wildman–Crippen LogP) is 2.62. The molecule has 1 fully saturated rings. The van der Waals surface area contributed by atoms with Crippen LogP contribution in [0, 0.1) is 12.8 Å². The molecule has 2 unspecified atom stereocenters. The molecule has 0 aromatic heterocycles. The van der Waals surface area contributed by atoms with E-state index in [1.165, 1.54) is 19.3 Å². The van der Waals surface area contributed by atoms with Crippen LogP contribution in [-0.2, 0) is 0 Å². The van der Waals surface area contributed by atoms with Gasteiger partial charge in [0.15, 0.2) is 0 Å². The Kier molecular flexibility index (Phi) is 2.18. The predicted molar refractivity (Wildman–Crippen MR) is 37.0 cm³/mol. The van der Waals surface area contributed by atoms with Crippen LogP contribution in [0.4, 0.5) is 0 Å². The summed E-state index contributed by atoms with van der Waals surface area (Å²) in [7, 11) is 0. The second-order valence-electron chi connectivity index (χ2n) is 2.50. The van der Waals surface area contributed by atoms with Crippen LogP contribution in [0.15, 0.2) is 0 Å². The van der Waals surface area contributed by atoms with Crippen LogP contribution in [0.1, 0.15) is 25.7 Å². The summed E-state index contributed by atoms with van der Waals surface area (Å²) in [6.07, 6.45) is 4.85. The van der Waals surface area contributed by atoms with E-state index in [1.54, 1.807) is 0 Å². The van der Waals surface area contributed by atoms with Crippen LogP contribution in [0.25, 0.3) is 0 Å². The molecule has 0 N–H and O–H groups in total. The van der Waals surface area contributed by atoms with Gasteiger partial charge in [0.1, 0.15) is 0 Å². The van der Waals surface area contributed by atoms with E-state index in [4.69, 9.17) is 11.6 Å². The zero-order valence-corrected chi connectivity index (χ0v) is 5.82. The molecule has 47 valence electrons. The standard InChI is InChI=1S/C7H12Cl/c1-2-6-4-3-5-7(6)8/h6-7H,1-5H2. The van der Waals surface area contributed by atoms with Gasteiger partial charge in [-0.2, -0.15) is 0 Å². The topological polar surface area (TPSA) is 0 Å². The Morgan fingerprint density at radius 1 is 1.50 bits per heavy atom. The molecule has 2 atom stereocenters. The third kappa shape index (κ3) is 1.17. The molecule has 1 rings (SSSR count). The zero-order chi connectivity index (χ0) is 5.98. The van der Waals surface area contributed by atoms with Crippen LogP contribution in [0.2, 0.25) is 0 Å². The maximum atomic E-state index is 5.94. The van der Waals surface area contributed by atoms with Gasteiger partial charge >= 0.3 is 0 Å². The normalized spacial score (nSPS) is 38.2. The Bertz CT molecular complexity index is 70.8. The number of alkyl halides is 1. The first-order valence-corrected chi connectivity index (χ1v) is 3.71. The molecule has 1 aliphatic rings. The van der Waals surface area contributed by atoms with E-state index in [9.17, 15) is 0 Å². The van der Waals surface area contributed by atoms with Gasteiger partial charge in [0.25, 0.3) is 0 Å².